The molecule has 0 aliphatic carbocycles. The molecular weight excluding hydrogens is 440 g/mol. The number of halogens is 4. The van der Waals surface area contributed by atoms with Crippen LogP contribution >= 0.6 is 0 Å². The summed E-state index contributed by atoms with van der Waals surface area (Å²) in [6, 6.07) is 4.30. The first kappa shape index (κ1) is 23.0. The van der Waals surface area contributed by atoms with Crippen LogP contribution in [0.3, 0.4) is 0 Å². The summed E-state index contributed by atoms with van der Waals surface area (Å²) in [4.78, 5) is 17.3. The van der Waals surface area contributed by atoms with E-state index in [1.807, 2.05) is 6.07 Å². The van der Waals surface area contributed by atoms with E-state index in [0.29, 0.717) is 22.7 Å². The second-order valence-electron chi connectivity index (χ2n) is 7.97. The van der Waals surface area contributed by atoms with Gasteiger partial charge in [0.25, 0.3) is 0 Å². The lowest BCUT2D eigenvalue weighted by Gasteiger charge is -2.34. The number of likely N-dealkylation sites (N-methyl/N-ethyl adjacent to an activating group) is 1. The van der Waals surface area contributed by atoms with Gasteiger partial charge in [-0.3, -0.25) is 0 Å². The zero-order chi connectivity index (χ0) is 23.8. The number of nitrogens with zero attached hydrogens (tertiary/aromatic N) is 5. The Kier molecular flexibility index (Phi) is 6.24. The second kappa shape index (κ2) is 8.97. The minimum Gasteiger partial charge on any atom is -0.479 e. The highest BCUT2D eigenvalue weighted by Gasteiger charge is 2.35. The minimum absolute atomic E-state index is 0.114. The molecule has 0 saturated carbocycles. The molecule has 2 aromatic heterocycles. The van der Waals surface area contributed by atoms with Gasteiger partial charge in [0, 0.05) is 31.7 Å². The van der Waals surface area contributed by atoms with E-state index in [-0.39, 0.29) is 5.56 Å². The number of benzene rings is 1. The summed E-state index contributed by atoms with van der Waals surface area (Å²) in [6.45, 7) is 4.89. The van der Waals surface area contributed by atoms with Crippen molar-refractivity contribution in [3.63, 3.8) is 0 Å². The van der Waals surface area contributed by atoms with Gasteiger partial charge < -0.3 is 19.9 Å². The number of ether oxygens (including phenoxy) is 1. The van der Waals surface area contributed by atoms with Gasteiger partial charge in [-0.1, -0.05) is 12.1 Å². The Labute approximate surface area is 188 Å². The first-order valence-corrected chi connectivity index (χ1v) is 10.4. The predicted octanol–water partition coefficient (Wildman–Crippen LogP) is 4.12. The monoisotopic (exact) mass is 464 g/mol. The predicted molar refractivity (Wildman–Crippen MR) is 117 cm³/mol. The average molecular weight is 464 g/mol. The van der Waals surface area contributed by atoms with Crippen LogP contribution in [0.4, 0.5) is 29.1 Å². The van der Waals surface area contributed by atoms with Crippen LogP contribution in [-0.4, -0.2) is 60.2 Å². The molecule has 0 bridgehead atoms. The topological polar surface area (TPSA) is 66.4 Å². The molecule has 1 saturated heterocycles. The summed E-state index contributed by atoms with van der Waals surface area (Å²) in [6.07, 6.45) is -3.48. The number of nitrogens with one attached hydrogen (secondary N) is 1. The Morgan fingerprint density at radius 2 is 1.85 bits per heavy atom. The third-order valence-electron chi connectivity index (χ3n) is 5.76. The van der Waals surface area contributed by atoms with Gasteiger partial charge in [0.05, 0.1) is 24.1 Å². The molecule has 3 heterocycles. The van der Waals surface area contributed by atoms with E-state index in [9.17, 15) is 17.6 Å². The van der Waals surface area contributed by atoms with Gasteiger partial charge in [0.2, 0.25) is 5.88 Å². The van der Waals surface area contributed by atoms with Crippen molar-refractivity contribution in [3.05, 3.63) is 47.5 Å². The molecule has 1 aromatic carbocycles. The van der Waals surface area contributed by atoms with Gasteiger partial charge in [0.1, 0.15) is 23.6 Å². The van der Waals surface area contributed by atoms with Gasteiger partial charge in [-0.25, -0.2) is 14.4 Å². The summed E-state index contributed by atoms with van der Waals surface area (Å²) in [7, 11) is 3.59. The van der Waals surface area contributed by atoms with Crippen molar-refractivity contribution in [2.45, 2.75) is 19.1 Å². The maximum atomic E-state index is 14.6. The zero-order valence-corrected chi connectivity index (χ0v) is 18.4. The minimum atomic E-state index is -4.78. The average Bonchev–Trinajstić information content (AvgIpc) is 2.78. The Bertz CT molecular complexity index is 1150. The van der Waals surface area contributed by atoms with Crippen LogP contribution in [0.1, 0.15) is 24.1 Å². The molecule has 7 nitrogen and oxygen atoms in total. The molecule has 4 rings (SSSR count). The number of rotatable bonds is 5. The lowest BCUT2D eigenvalue weighted by atomic mass is 10.0. The molecule has 1 N–H and O–H groups in total. The number of methoxy groups -OCH3 is 1. The lowest BCUT2D eigenvalue weighted by Crippen LogP contribution is -2.44. The van der Waals surface area contributed by atoms with Crippen molar-refractivity contribution in [1.82, 2.24) is 19.9 Å². The summed E-state index contributed by atoms with van der Waals surface area (Å²) in [5.74, 6) is -0.537. The summed E-state index contributed by atoms with van der Waals surface area (Å²) in [5, 5.41) is 3.59. The van der Waals surface area contributed by atoms with Crippen molar-refractivity contribution < 1.29 is 22.3 Å². The Morgan fingerprint density at radius 1 is 1.12 bits per heavy atom. The Balaban J connectivity index is 1.71. The molecule has 11 heteroatoms. The molecule has 0 radical (unpaired) electrons. The highest BCUT2D eigenvalue weighted by Crippen LogP contribution is 2.36. The molecule has 1 aliphatic rings. The van der Waals surface area contributed by atoms with Crippen molar-refractivity contribution >= 4 is 22.5 Å². The molecular formula is C22H24F4N6O. The molecule has 176 valence electrons. The molecule has 1 atom stereocenters. The van der Waals surface area contributed by atoms with Gasteiger partial charge in [-0.2, -0.15) is 18.2 Å². The van der Waals surface area contributed by atoms with Crippen molar-refractivity contribution in [2.24, 2.45) is 0 Å². The third-order valence-corrected chi connectivity index (χ3v) is 5.76. The maximum Gasteiger partial charge on any atom is 0.419 e. The van der Waals surface area contributed by atoms with Crippen LogP contribution in [-0.2, 0) is 6.18 Å². The van der Waals surface area contributed by atoms with Crippen molar-refractivity contribution in [2.75, 3.05) is 50.6 Å². The number of hydrogen-bond donors (Lipinski definition) is 1. The zero-order valence-electron chi connectivity index (χ0n) is 18.4. The largest absolute Gasteiger partial charge is 0.479 e. The molecule has 0 spiro atoms. The number of alkyl halides is 3. The summed E-state index contributed by atoms with van der Waals surface area (Å²) < 4.78 is 59.5. The Hall–Kier alpha value is -3.21. The van der Waals surface area contributed by atoms with E-state index in [1.54, 1.807) is 6.92 Å². The fraction of sp³-hybridized carbons (Fsp3) is 0.409. The van der Waals surface area contributed by atoms with Gasteiger partial charge in [0.15, 0.2) is 5.65 Å². The summed E-state index contributed by atoms with van der Waals surface area (Å²) >= 11 is 0. The second-order valence-corrected chi connectivity index (χ2v) is 7.97. The first-order valence-electron chi connectivity index (χ1n) is 10.4. The number of anilines is 2. The van der Waals surface area contributed by atoms with Crippen LogP contribution in [0.25, 0.3) is 11.0 Å². The third kappa shape index (κ3) is 4.63. The van der Waals surface area contributed by atoms with Crippen LogP contribution in [0, 0.1) is 5.82 Å². The van der Waals surface area contributed by atoms with Gasteiger partial charge in [-0.15, -0.1) is 0 Å². The van der Waals surface area contributed by atoms with Crippen LogP contribution < -0.4 is 15.0 Å². The molecule has 3 aromatic rings. The van der Waals surface area contributed by atoms with E-state index in [1.165, 1.54) is 25.6 Å². The van der Waals surface area contributed by atoms with E-state index >= 15 is 0 Å². The summed E-state index contributed by atoms with van der Waals surface area (Å²) in [5.41, 5.74) is -0.282. The standard InChI is InChI=1S/C22H24F4N6O/c1-13(14-5-4-6-16(18(14)23)22(24,25)26)29-19-15-11-17(32-9-7-31(2)8-10-32)21(33-3)30-20(15)28-12-27-19/h4-6,11-13H,7-10H2,1-3H3,(H,27,28,29,30)/t13-/m1/s1. The number of fused-ring (bicyclic) bond motifs is 1. The lowest BCUT2D eigenvalue weighted by molar-refractivity contribution is -0.140. The molecule has 1 fully saturated rings. The van der Waals surface area contributed by atoms with E-state index in [0.717, 1.165) is 37.9 Å². The van der Waals surface area contributed by atoms with E-state index < -0.39 is 23.6 Å². The molecule has 0 unspecified atom stereocenters. The van der Waals surface area contributed by atoms with E-state index in [4.69, 9.17) is 4.74 Å². The SMILES string of the molecule is COc1nc2ncnc(N[C@H](C)c3cccc(C(F)(F)F)c3F)c2cc1N1CCN(C)CC1. The fourth-order valence-electron chi connectivity index (χ4n) is 3.89. The normalized spacial score (nSPS) is 16.2. The molecule has 33 heavy (non-hydrogen) atoms. The number of hydrogen-bond acceptors (Lipinski definition) is 7. The first-order chi connectivity index (χ1) is 15.7. The van der Waals surface area contributed by atoms with Crippen molar-refractivity contribution in [1.29, 1.82) is 0 Å². The molecule has 1 aliphatic heterocycles. The number of pyridine rings is 1. The number of aromatic nitrogens is 3. The quantitative estimate of drug-likeness (QED) is 0.570. The van der Waals surface area contributed by atoms with E-state index in [2.05, 4.69) is 37.1 Å². The maximum absolute atomic E-state index is 14.6. The van der Waals surface area contributed by atoms with Gasteiger partial charge in [-0.05, 0) is 26.1 Å². The number of piperazine rings is 1. The molecule has 0 amide bonds. The van der Waals surface area contributed by atoms with Crippen molar-refractivity contribution in [3.8, 4) is 5.88 Å². The van der Waals surface area contributed by atoms with Crippen LogP contribution in [0.2, 0.25) is 0 Å². The van der Waals surface area contributed by atoms with Crippen LogP contribution in [0.15, 0.2) is 30.6 Å². The highest BCUT2D eigenvalue weighted by molar-refractivity contribution is 5.90. The highest BCUT2D eigenvalue weighted by atomic mass is 19.4. The van der Waals surface area contributed by atoms with Gasteiger partial charge >= 0.3 is 6.18 Å². The smallest absolute Gasteiger partial charge is 0.419 e. The fourth-order valence-corrected chi connectivity index (χ4v) is 3.89. The van der Waals surface area contributed by atoms with Crippen LogP contribution in [0.5, 0.6) is 5.88 Å². The Morgan fingerprint density at radius 3 is 2.52 bits per heavy atom.